The zero-order chi connectivity index (χ0) is 58.8. The first-order valence-electron chi connectivity index (χ1n) is 27.2. The van der Waals surface area contributed by atoms with Crippen molar-refractivity contribution in [2.75, 3.05) is 19.7 Å². The Hall–Kier alpha value is -7.51. The molecular formula is C58H73N7O16. The molecule has 3 aliphatic heterocycles. The molecule has 0 saturated carbocycles. The lowest BCUT2D eigenvalue weighted by Gasteiger charge is -2.33. The van der Waals surface area contributed by atoms with Gasteiger partial charge in [0.05, 0.1) is 37.1 Å². The van der Waals surface area contributed by atoms with Crippen LogP contribution >= 0.6 is 0 Å². The molecule has 3 fully saturated rings. The molecule has 4 aromatic carbocycles. The van der Waals surface area contributed by atoms with Crippen LogP contribution in [0, 0.1) is 5.92 Å². The van der Waals surface area contributed by atoms with Crippen LogP contribution in [0.25, 0.3) is 22.3 Å². The molecule has 3 aliphatic rings. The lowest BCUT2D eigenvalue weighted by atomic mass is 9.99. The van der Waals surface area contributed by atoms with Gasteiger partial charge < -0.3 is 82.0 Å². The molecule has 4 aromatic rings. The van der Waals surface area contributed by atoms with Crippen molar-refractivity contribution in [2.24, 2.45) is 5.92 Å². The summed E-state index contributed by atoms with van der Waals surface area (Å²) in [6.07, 6.45) is -11.1. The fourth-order valence-electron chi connectivity index (χ4n) is 10.2. The van der Waals surface area contributed by atoms with Gasteiger partial charge in [-0.2, -0.15) is 0 Å². The number of hydrogen-bond donors (Lipinski definition) is 13. The maximum absolute atomic E-state index is 14.5. The maximum atomic E-state index is 14.5. The van der Waals surface area contributed by atoms with E-state index in [1.807, 2.05) is 48.5 Å². The molecule has 13 N–H and O–H groups in total. The number of fused-ring (bicyclic) bond motifs is 2. The van der Waals surface area contributed by atoms with Gasteiger partial charge in [0.15, 0.2) is 6.23 Å². The van der Waals surface area contributed by atoms with Crippen LogP contribution in [0.5, 0.6) is 11.5 Å². The molecule has 3 saturated heterocycles. The molecule has 7 amide bonds. The van der Waals surface area contributed by atoms with E-state index in [-0.39, 0.29) is 24.3 Å². The summed E-state index contributed by atoms with van der Waals surface area (Å²) in [5, 5.41) is 100. The Morgan fingerprint density at radius 1 is 0.642 bits per heavy atom. The molecule has 23 heteroatoms. The zero-order valence-corrected chi connectivity index (χ0v) is 45.4. The lowest BCUT2D eigenvalue weighted by molar-refractivity contribution is -0.148. The summed E-state index contributed by atoms with van der Waals surface area (Å²) >= 11 is 0. The van der Waals surface area contributed by atoms with Gasteiger partial charge in [0, 0.05) is 43.8 Å². The monoisotopic (exact) mass is 1120 g/mol. The third kappa shape index (κ3) is 15.1. The van der Waals surface area contributed by atoms with Gasteiger partial charge in [-0.1, -0.05) is 87.4 Å². The molecule has 23 nitrogen and oxygen atoms in total. The fourth-order valence-corrected chi connectivity index (χ4v) is 10.2. The Balaban J connectivity index is 1.17. The minimum Gasteiger partial charge on any atom is -0.508 e. The van der Waals surface area contributed by atoms with E-state index in [4.69, 9.17) is 4.74 Å². The smallest absolute Gasteiger partial charge is 0.251 e. The number of carbonyl (C=O) groups excluding carboxylic acids is 7. The highest BCUT2D eigenvalue weighted by Gasteiger charge is 2.50. The standard InChI is InChI=1S/C58H73N7O16/c1-5-6-7-24-81-41-22-18-37(19-23-41)35-12-10-34(11-13-35)36-14-16-38(17-15-36)51(73)59-42-27-45(71)54(76)63-56(78)49-50(72)30(2)28-65(49)58(80)47(32(4)67)61-55(77)48(44(70)25-33-8-20-39(68)21-9-33)62-53(75)43-26-40(69)29-64(43)57(79)46(31(3)66)60-52(42)74/h8-23,30-32,40,42-50,54,66-72,76H,5-7,24-29H2,1-4H3,(H,59,73)(H,60,74)(H,61,77)(H,62,75)(H,63,78)/t30-,31?,32?,40+,42-,43-,44+,45+,46-,47-,48-,49-,50-,54+/m0/s1. The second kappa shape index (κ2) is 27.3. The Bertz CT molecular complexity index is 2840. The SMILES string of the molecule is CCCCCOc1ccc(-c2ccc(-c3ccc(C(=O)N[C@H]4C[C@@H](O)[C@@H](O)NC(=O)[C@@H]5[C@@H](O)[C@@H](C)CN5C(=O)[C@H](C(C)O)NC(=O)[C@H]([C@H](O)Cc5ccc(O)cc5)NC(=O)[C@@H]5C[C@@H](O)CN5C(=O)[C@H](C(C)O)NC4=O)cc3)cc2)cc1. The number of rotatable bonds is 14. The molecule has 3 heterocycles. The summed E-state index contributed by atoms with van der Waals surface area (Å²) in [4.78, 5) is 102. The van der Waals surface area contributed by atoms with E-state index in [1.165, 1.54) is 43.3 Å². The second-order valence-electron chi connectivity index (χ2n) is 21.2. The van der Waals surface area contributed by atoms with Crippen molar-refractivity contribution in [1.82, 2.24) is 36.4 Å². The van der Waals surface area contributed by atoms with Gasteiger partial charge in [0.2, 0.25) is 35.4 Å². The van der Waals surface area contributed by atoms with Gasteiger partial charge in [0.1, 0.15) is 53.9 Å². The maximum Gasteiger partial charge on any atom is 0.251 e. The number of nitrogens with zero attached hydrogens (tertiary/aromatic N) is 2. The number of aliphatic hydroxyl groups is 7. The van der Waals surface area contributed by atoms with E-state index in [9.17, 15) is 74.4 Å². The Morgan fingerprint density at radius 2 is 1.17 bits per heavy atom. The minimum atomic E-state index is -2.26. The lowest BCUT2D eigenvalue weighted by Crippen LogP contribution is -2.64. The number of amides is 7. The van der Waals surface area contributed by atoms with Crippen molar-refractivity contribution >= 4 is 41.4 Å². The summed E-state index contributed by atoms with van der Waals surface area (Å²) in [5.41, 5.74) is 3.87. The van der Waals surface area contributed by atoms with Gasteiger partial charge in [-0.25, -0.2) is 0 Å². The average molecular weight is 1120 g/mol. The number of aromatic hydroxyl groups is 1. The molecule has 2 unspecified atom stereocenters. The first-order chi connectivity index (χ1) is 38.5. The van der Waals surface area contributed by atoms with Gasteiger partial charge in [-0.3, -0.25) is 33.6 Å². The highest BCUT2D eigenvalue weighted by Crippen LogP contribution is 2.29. The van der Waals surface area contributed by atoms with Crippen LogP contribution in [0.2, 0.25) is 0 Å². The van der Waals surface area contributed by atoms with Crippen LogP contribution < -0.4 is 31.3 Å². The van der Waals surface area contributed by atoms with E-state index in [0.29, 0.717) is 12.2 Å². The highest BCUT2D eigenvalue weighted by atomic mass is 16.5. The largest absolute Gasteiger partial charge is 0.508 e. The van der Waals surface area contributed by atoms with Crippen molar-refractivity contribution in [3.05, 3.63) is 108 Å². The molecule has 14 atom stereocenters. The predicted molar refractivity (Wildman–Crippen MR) is 292 cm³/mol. The minimum absolute atomic E-state index is 0.0259. The van der Waals surface area contributed by atoms with Crippen molar-refractivity contribution in [3.8, 4) is 33.8 Å². The van der Waals surface area contributed by atoms with E-state index < -0.39 is 146 Å². The van der Waals surface area contributed by atoms with Gasteiger partial charge >= 0.3 is 0 Å². The van der Waals surface area contributed by atoms with Gasteiger partial charge in [-0.15, -0.1) is 0 Å². The van der Waals surface area contributed by atoms with E-state index in [0.717, 1.165) is 70.9 Å². The highest BCUT2D eigenvalue weighted by molar-refractivity contribution is 6.00. The third-order valence-electron chi connectivity index (χ3n) is 14.9. The first kappa shape index (κ1) is 61.1. The predicted octanol–water partition coefficient (Wildman–Crippen LogP) is -0.418. The number of carbonyl (C=O) groups is 7. The molecule has 436 valence electrons. The number of nitrogens with one attached hydrogen (secondary N) is 5. The topological polar surface area (TPSA) is 357 Å². The second-order valence-corrected chi connectivity index (χ2v) is 21.2. The van der Waals surface area contributed by atoms with E-state index >= 15 is 0 Å². The van der Waals surface area contributed by atoms with Crippen molar-refractivity contribution in [1.29, 1.82) is 0 Å². The summed E-state index contributed by atoms with van der Waals surface area (Å²) in [5.74, 6) is -8.04. The number of unbranched alkanes of at least 4 members (excludes halogenated alkanes) is 2. The summed E-state index contributed by atoms with van der Waals surface area (Å²) in [6, 6.07) is 16.2. The zero-order valence-electron chi connectivity index (χ0n) is 45.4. The summed E-state index contributed by atoms with van der Waals surface area (Å²) < 4.78 is 5.84. The number of aliphatic hydroxyl groups excluding tert-OH is 7. The number of phenols is 1. The van der Waals surface area contributed by atoms with Crippen LogP contribution in [0.15, 0.2) is 97.1 Å². The number of benzene rings is 4. The molecule has 0 aliphatic carbocycles. The Labute approximate surface area is 468 Å². The van der Waals surface area contributed by atoms with Crippen LogP contribution in [-0.2, 0) is 35.2 Å². The van der Waals surface area contributed by atoms with Gasteiger partial charge in [-0.05, 0) is 84.5 Å². The number of hydrogen-bond acceptors (Lipinski definition) is 16. The Kier molecular flexibility index (Phi) is 20.6. The molecule has 7 rings (SSSR count). The van der Waals surface area contributed by atoms with Crippen LogP contribution in [0.1, 0.15) is 75.7 Å². The van der Waals surface area contributed by atoms with E-state index in [2.05, 4.69) is 33.5 Å². The van der Waals surface area contributed by atoms with Crippen molar-refractivity contribution in [2.45, 2.75) is 145 Å². The molecular weight excluding hydrogens is 1050 g/mol. The fraction of sp³-hybridized carbons (Fsp3) is 0.466. The van der Waals surface area contributed by atoms with Crippen LogP contribution in [0.3, 0.4) is 0 Å². The van der Waals surface area contributed by atoms with Gasteiger partial charge in [0.25, 0.3) is 5.91 Å². The molecule has 0 aromatic heterocycles. The first-order valence-corrected chi connectivity index (χ1v) is 27.2. The van der Waals surface area contributed by atoms with Crippen molar-refractivity contribution in [3.63, 3.8) is 0 Å². The number of phenolic OH excluding ortho intramolecular Hbond substituents is 1. The third-order valence-corrected chi connectivity index (χ3v) is 14.9. The average Bonchev–Trinajstić information content (AvgIpc) is 4.10. The normalized spacial score (nSPS) is 27.3. The van der Waals surface area contributed by atoms with Crippen LogP contribution in [-0.4, -0.2) is 191 Å². The Morgan fingerprint density at radius 3 is 1.74 bits per heavy atom. The summed E-state index contributed by atoms with van der Waals surface area (Å²) in [7, 11) is 0. The number of ether oxygens (including phenoxy) is 1. The molecule has 81 heavy (non-hydrogen) atoms. The molecule has 0 bridgehead atoms. The van der Waals surface area contributed by atoms with Crippen LogP contribution in [0.4, 0.5) is 0 Å². The summed E-state index contributed by atoms with van der Waals surface area (Å²) in [6.45, 7) is 5.67. The quantitative estimate of drug-likeness (QED) is 0.0714. The molecule has 0 spiro atoms. The molecule has 0 radical (unpaired) electrons. The van der Waals surface area contributed by atoms with Crippen molar-refractivity contribution < 1.29 is 79.2 Å². The van der Waals surface area contributed by atoms with E-state index in [1.54, 1.807) is 12.1 Å².